The third-order valence-corrected chi connectivity index (χ3v) is 4.72. The van der Waals surface area contributed by atoms with Crippen molar-refractivity contribution in [3.63, 3.8) is 0 Å². The molecule has 0 radical (unpaired) electrons. The van der Waals surface area contributed by atoms with Gasteiger partial charge in [-0.3, -0.25) is 4.39 Å². The van der Waals surface area contributed by atoms with Gasteiger partial charge >= 0.3 is 0 Å². The van der Waals surface area contributed by atoms with Gasteiger partial charge in [-0.05, 0) is 68.4 Å². The number of allylic oxidation sites excluding steroid dienone is 2. The molecule has 0 bridgehead atoms. The molecule has 23 heavy (non-hydrogen) atoms. The predicted octanol–water partition coefficient (Wildman–Crippen LogP) is 6.42. The van der Waals surface area contributed by atoms with Crippen LogP contribution in [0, 0.1) is 17.7 Å². The SMILES string of the molecule is FCCC=C[C@H]1CC[C@H](CCc2ccc(C(F)F)c(F)c2)CC1. The average Bonchev–Trinajstić information content (AvgIpc) is 2.54. The van der Waals surface area contributed by atoms with E-state index in [0.717, 1.165) is 44.1 Å². The minimum Gasteiger partial charge on any atom is -0.251 e. The zero-order valence-corrected chi connectivity index (χ0v) is 13.3. The van der Waals surface area contributed by atoms with E-state index in [4.69, 9.17) is 0 Å². The molecule has 1 aliphatic carbocycles. The Balaban J connectivity index is 1.76. The van der Waals surface area contributed by atoms with Crippen molar-refractivity contribution in [2.75, 3.05) is 6.67 Å². The summed E-state index contributed by atoms with van der Waals surface area (Å²) in [6.07, 6.45) is 7.99. The maximum absolute atomic E-state index is 13.6. The quantitative estimate of drug-likeness (QED) is 0.400. The van der Waals surface area contributed by atoms with E-state index in [1.54, 1.807) is 6.07 Å². The van der Waals surface area contributed by atoms with Crippen LogP contribution in [0.15, 0.2) is 30.4 Å². The van der Waals surface area contributed by atoms with E-state index in [0.29, 0.717) is 18.3 Å². The summed E-state index contributed by atoms with van der Waals surface area (Å²) >= 11 is 0. The molecule has 128 valence electrons. The van der Waals surface area contributed by atoms with Crippen molar-refractivity contribution in [2.45, 2.75) is 51.4 Å². The van der Waals surface area contributed by atoms with Crippen LogP contribution in [0.25, 0.3) is 0 Å². The molecule has 1 aromatic rings. The van der Waals surface area contributed by atoms with Gasteiger partial charge in [0, 0.05) is 0 Å². The number of aryl methyl sites for hydroxylation is 1. The maximum atomic E-state index is 13.6. The minimum absolute atomic E-state index is 0.299. The average molecular weight is 328 g/mol. The van der Waals surface area contributed by atoms with Crippen LogP contribution in [-0.2, 0) is 6.42 Å². The highest BCUT2D eigenvalue weighted by atomic mass is 19.3. The lowest BCUT2D eigenvalue weighted by atomic mass is 9.79. The van der Waals surface area contributed by atoms with E-state index in [9.17, 15) is 17.6 Å². The Morgan fingerprint density at radius 3 is 2.48 bits per heavy atom. The molecule has 0 unspecified atom stereocenters. The summed E-state index contributed by atoms with van der Waals surface area (Å²) in [5.41, 5.74) is 0.270. The fraction of sp³-hybridized carbons (Fsp3) is 0.579. The van der Waals surface area contributed by atoms with Gasteiger partial charge in [0.1, 0.15) is 5.82 Å². The molecule has 4 heteroatoms. The second kappa shape index (κ2) is 9.09. The molecular weight excluding hydrogens is 304 g/mol. The summed E-state index contributed by atoms with van der Waals surface area (Å²) in [5.74, 6) is 0.360. The molecule has 0 nitrogen and oxygen atoms in total. The molecule has 1 fully saturated rings. The highest BCUT2D eigenvalue weighted by molar-refractivity contribution is 5.25. The topological polar surface area (TPSA) is 0 Å². The van der Waals surface area contributed by atoms with E-state index in [2.05, 4.69) is 6.08 Å². The summed E-state index contributed by atoms with van der Waals surface area (Å²) < 4.78 is 50.6. The number of halogens is 4. The molecular formula is C19H24F4. The molecule has 0 aliphatic heterocycles. The lowest BCUT2D eigenvalue weighted by Gasteiger charge is -2.26. The normalized spacial score (nSPS) is 22.1. The monoisotopic (exact) mass is 328 g/mol. The second-order valence-corrected chi connectivity index (χ2v) is 6.38. The number of rotatable bonds is 7. The maximum Gasteiger partial charge on any atom is 0.266 e. The van der Waals surface area contributed by atoms with E-state index in [1.165, 1.54) is 12.1 Å². The number of hydrogen-bond donors (Lipinski definition) is 0. The van der Waals surface area contributed by atoms with Gasteiger partial charge in [0.05, 0.1) is 12.2 Å². The third-order valence-electron chi connectivity index (χ3n) is 4.72. The summed E-state index contributed by atoms with van der Waals surface area (Å²) in [4.78, 5) is 0. The van der Waals surface area contributed by atoms with Crippen molar-refractivity contribution in [3.05, 3.63) is 47.3 Å². The van der Waals surface area contributed by atoms with E-state index in [-0.39, 0.29) is 6.67 Å². The summed E-state index contributed by atoms with van der Waals surface area (Å²) in [6, 6.07) is 4.05. The van der Waals surface area contributed by atoms with Crippen LogP contribution in [0.1, 0.15) is 56.1 Å². The summed E-state index contributed by atoms with van der Waals surface area (Å²) in [7, 11) is 0. The number of hydrogen-bond acceptors (Lipinski definition) is 0. The zero-order valence-electron chi connectivity index (χ0n) is 13.3. The molecule has 1 aliphatic rings. The molecule has 0 N–H and O–H groups in total. The van der Waals surface area contributed by atoms with Gasteiger partial charge in [-0.15, -0.1) is 0 Å². The fourth-order valence-electron chi connectivity index (χ4n) is 3.29. The first kappa shape index (κ1) is 18.0. The standard InChI is InChI=1S/C19H24F4/c20-12-2-1-3-14-4-6-15(7-5-14)8-9-16-10-11-17(19(22)23)18(21)13-16/h1,3,10-11,13-15,19H,2,4-9,12H2/t14-,15-. The molecule has 1 aromatic carbocycles. The predicted molar refractivity (Wildman–Crippen MR) is 84.9 cm³/mol. The Morgan fingerprint density at radius 1 is 1.13 bits per heavy atom. The first-order chi connectivity index (χ1) is 11.1. The Morgan fingerprint density at radius 2 is 1.87 bits per heavy atom. The van der Waals surface area contributed by atoms with Crippen molar-refractivity contribution >= 4 is 0 Å². The second-order valence-electron chi connectivity index (χ2n) is 6.38. The molecule has 0 heterocycles. The molecule has 1 saturated carbocycles. The fourth-order valence-corrected chi connectivity index (χ4v) is 3.29. The van der Waals surface area contributed by atoms with Crippen molar-refractivity contribution < 1.29 is 17.6 Å². The van der Waals surface area contributed by atoms with Crippen LogP contribution in [0.3, 0.4) is 0 Å². The van der Waals surface area contributed by atoms with Gasteiger partial charge in [-0.1, -0.05) is 24.3 Å². The van der Waals surface area contributed by atoms with Gasteiger partial charge in [0.2, 0.25) is 0 Å². The molecule has 0 amide bonds. The Hall–Kier alpha value is -1.32. The van der Waals surface area contributed by atoms with Crippen LogP contribution >= 0.6 is 0 Å². The van der Waals surface area contributed by atoms with Gasteiger partial charge in [-0.25, -0.2) is 13.2 Å². The largest absolute Gasteiger partial charge is 0.266 e. The van der Waals surface area contributed by atoms with Crippen LogP contribution in [-0.4, -0.2) is 6.67 Å². The minimum atomic E-state index is -2.76. The van der Waals surface area contributed by atoms with Gasteiger partial charge in [0.15, 0.2) is 0 Å². The molecule has 0 aromatic heterocycles. The summed E-state index contributed by atoms with van der Waals surface area (Å²) in [5, 5.41) is 0. The van der Waals surface area contributed by atoms with E-state index in [1.807, 2.05) is 6.08 Å². The van der Waals surface area contributed by atoms with Crippen molar-refractivity contribution in [3.8, 4) is 0 Å². The Labute approximate surface area is 135 Å². The molecule has 0 saturated heterocycles. The highest BCUT2D eigenvalue weighted by Crippen LogP contribution is 2.32. The van der Waals surface area contributed by atoms with Crippen molar-refractivity contribution in [1.29, 1.82) is 0 Å². The van der Waals surface area contributed by atoms with Crippen LogP contribution in [0.5, 0.6) is 0 Å². The highest BCUT2D eigenvalue weighted by Gasteiger charge is 2.19. The molecule has 0 spiro atoms. The first-order valence-electron chi connectivity index (χ1n) is 8.39. The van der Waals surface area contributed by atoms with Crippen molar-refractivity contribution in [1.82, 2.24) is 0 Å². The van der Waals surface area contributed by atoms with Gasteiger partial charge in [-0.2, -0.15) is 0 Å². The lowest BCUT2D eigenvalue weighted by Crippen LogP contribution is -2.13. The van der Waals surface area contributed by atoms with E-state index < -0.39 is 17.8 Å². The van der Waals surface area contributed by atoms with Crippen molar-refractivity contribution in [2.24, 2.45) is 11.8 Å². The van der Waals surface area contributed by atoms with Crippen LogP contribution < -0.4 is 0 Å². The molecule has 2 rings (SSSR count). The van der Waals surface area contributed by atoms with Gasteiger partial charge < -0.3 is 0 Å². The number of alkyl halides is 3. The third kappa shape index (κ3) is 5.67. The van der Waals surface area contributed by atoms with Gasteiger partial charge in [0.25, 0.3) is 6.43 Å². The van der Waals surface area contributed by atoms with Crippen LogP contribution in [0.2, 0.25) is 0 Å². The smallest absolute Gasteiger partial charge is 0.251 e. The zero-order chi connectivity index (χ0) is 16.7. The molecule has 0 atom stereocenters. The van der Waals surface area contributed by atoms with E-state index >= 15 is 0 Å². The first-order valence-corrected chi connectivity index (χ1v) is 8.39. The Kier molecular flexibility index (Phi) is 7.13. The van der Waals surface area contributed by atoms with Crippen LogP contribution in [0.4, 0.5) is 17.6 Å². The lowest BCUT2D eigenvalue weighted by molar-refractivity contribution is 0.146. The Bertz CT molecular complexity index is 502. The summed E-state index contributed by atoms with van der Waals surface area (Å²) in [6.45, 7) is -0.299. The number of benzene rings is 1.